The maximum atomic E-state index is 9.26. The van der Waals surface area contributed by atoms with Crippen LogP contribution in [-0.4, -0.2) is 13.4 Å². The van der Waals surface area contributed by atoms with Gasteiger partial charge >= 0.3 is 0 Å². The standard InChI is InChI=1S/C15H14N2O2S/c1-18-14-7-6-10(8-12(14)17)19-13-4-3-5-15(20-2)11(13)9-16/h3-8H,17H2,1-2H3. The summed E-state index contributed by atoms with van der Waals surface area (Å²) in [4.78, 5) is 0.881. The van der Waals surface area contributed by atoms with Crippen molar-refractivity contribution in [1.29, 1.82) is 5.26 Å². The number of anilines is 1. The largest absolute Gasteiger partial charge is 0.495 e. The van der Waals surface area contributed by atoms with E-state index in [1.165, 1.54) is 11.8 Å². The second-order valence-electron chi connectivity index (χ2n) is 3.95. The van der Waals surface area contributed by atoms with Crippen molar-refractivity contribution in [2.24, 2.45) is 0 Å². The van der Waals surface area contributed by atoms with E-state index >= 15 is 0 Å². The summed E-state index contributed by atoms with van der Waals surface area (Å²) in [7, 11) is 1.56. The molecule has 5 heteroatoms. The van der Waals surface area contributed by atoms with Crippen LogP contribution in [0.4, 0.5) is 5.69 Å². The van der Waals surface area contributed by atoms with E-state index in [0.717, 1.165) is 4.90 Å². The van der Waals surface area contributed by atoms with Crippen molar-refractivity contribution < 1.29 is 9.47 Å². The van der Waals surface area contributed by atoms with Crippen molar-refractivity contribution in [3.63, 3.8) is 0 Å². The minimum Gasteiger partial charge on any atom is -0.495 e. The normalized spacial score (nSPS) is 9.85. The van der Waals surface area contributed by atoms with Crippen LogP contribution in [0.2, 0.25) is 0 Å². The molecular weight excluding hydrogens is 272 g/mol. The van der Waals surface area contributed by atoms with Gasteiger partial charge in [0, 0.05) is 11.0 Å². The van der Waals surface area contributed by atoms with Crippen LogP contribution in [0, 0.1) is 11.3 Å². The van der Waals surface area contributed by atoms with E-state index in [2.05, 4.69) is 6.07 Å². The molecule has 0 saturated heterocycles. The Kier molecular flexibility index (Phi) is 4.38. The first kappa shape index (κ1) is 14.1. The number of thioether (sulfide) groups is 1. The maximum absolute atomic E-state index is 9.26. The fourth-order valence-corrected chi connectivity index (χ4v) is 2.34. The molecule has 0 heterocycles. The maximum Gasteiger partial charge on any atom is 0.146 e. The summed E-state index contributed by atoms with van der Waals surface area (Å²) in [5.74, 6) is 1.68. The zero-order valence-electron chi connectivity index (χ0n) is 11.2. The summed E-state index contributed by atoms with van der Waals surface area (Å²) in [5, 5.41) is 9.26. The Labute approximate surface area is 122 Å². The molecule has 0 atom stereocenters. The molecular formula is C15H14N2O2S. The van der Waals surface area contributed by atoms with Crippen LogP contribution < -0.4 is 15.2 Å². The van der Waals surface area contributed by atoms with E-state index in [1.807, 2.05) is 18.4 Å². The SMILES string of the molecule is COc1ccc(Oc2cccc(SC)c2C#N)cc1N. The summed E-state index contributed by atoms with van der Waals surface area (Å²) in [6.45, 7) is 0. The molecule has 0 bridgehead atoms. The quantitative estimate of drug-likeness (QED) is 0.686. The topological polar surface area (TPSA) is 68.3 Å². The van der Waals surface area contributed by atoms with Crippen LogP contribution >= 0.6 is 11.8 Å². The predicted molar refractivity (Wildman–Crippen MR) is 80.4 cm³/mol. The smallest absolute Gasteiger partial charge is 0.146 e. The van der Waals surface area contributed by atoms with Crippen molar-refractivity contribution in [1.82, 2.24) is 0 Å². The highest BCUT2D eigenvalue weighted by Crippen LogP contribution is 2.33. The molecule has 4 nitrogen and oxygen atoms in total. The third-order valence-electron chi connectivity index (χ3n) is 2.75. The Hall–Kier alpha value is -2.32. The lowest BCUT2D eigenvalue weighted by atomic mass is 10.2. The number of nitrogen functional groups attached to an aromatic ring is 1. The molecule has 0 spiro atoms. The van der Waals surface area contributed by atoms with Gasteiger partial charge in [-0.05, 0) is 30.5 Å². The Bertz CT molecular complexity index is 665. The highest BCUT2D eigenvalue weighted by molar-refractivity contribution is 7.98. The number of nitrogens with two attached hydrogens (primary N) is 1. The minimum atomic E-state index is 0.490. The molecule has 0 aromatic heterocycles. The Morgan fingerprint density at radius 3 is 2.60 bits per heavy atom. The molecule has 0 aliphatic rings. The number of methoxy groups -OCH3 is 1. The van der Waals surface area contributed by atoms with E-state index < -0.39 is 0 Å². The van der Waals surface area contributed by atoms with Gasteiger partial charge in [-0.25, -0.2) is 0 Å². The summed E-state index contributed by atoms with van der Waals surface area (Å²) in [5.41, 5.74) is 6.85. The first-order valence-electron chi connectivity index (χ1n) is 5.88. The second-order valence-corrected chi connectivity index (χ2v) is 4.80. The monoisotopic (exact) mass is 286 g/mol. The number of ether oxygens (including phenoxy) is 2. The number of rotatable bonds is 4. The van der Waals surface area contributed by atoms with Gasteiger partial charge in [0.15, 0.2) is 0 Å². The van der Waals surface area contributed by atoms with Gasteiger partial charge < -0.3 is 15.2 Å². The van der Waals surface area contributed by atoms with E-state index in [1.54, 1.807) is 31.4 Å². The number of nitrogens with zero attached hydrogens (tertiary/aromatic N) is 1. The van der Waals surface area contributed by atoms with Gasteiger partial charge in [-0.15, -0.1) is 11.8 Å². The van der Waals surface area contributed by atoms with Crippen molar-refractivity contribution in [3.05, 3.63) is 42.0 Å². The van der Waals surface area contributed by atoms with Gasteiger partial charge in [-0.2, -0.15) is 5.26 Å². The van der Waals surface area contributed by atoms with Gasteiger partial charge in [0.25, 0.3) is 0 Å². The molecule has 0 saturated carbocycles. The van der Waals surface area contributed by atoms with E-state index in [-0.39, 0.29) is 0 Å². The number of hydrogen-bond donors (Lipinski definition) is 1. The lowest BCUT2D eigenvalue weighted by Crippen LogP contribution is -1.94. The third kappa shape index (κ3) is 2.81. The summed E-state index contributed by atoms with van der Waals surface area (Å²) < 4.78 is 10.8. The van der Waals surface area contributed by atoms with Crippen molar-refractivity contribution in [2.75, 3.05) is 19.1 Å². The minimum absolute atomic E-state index is 0.490. The molecule has 2 N–H and O–H groups in total. The molecule has 0 unspecified atom stereocenters. The van der Waals surface area contributed by atoms with Crippen LogP contribution in [0.15, 0.2) is 41.3 Å². The average Bonchev–Trinajstić information content (AvgIpc) is 2.47. The number of nitriles is 1. The van der Waals surface area contributed by atoms with Gasteiger partial charge in [-0.3, -0.25) is 0 Å². The van der Waals surface area contributed by atoms with E-state index in [4.69, 9.17) is 15.2 Å². The molecule has 0 amide bonds. The Morgan fingerprint density at radius 2 is 2.00 bits per heavy atom. The van der Waals surface area contributed by atoms with Crippen LogP contribution in [0.25, 0.3) is 0 Å². The second kappa shape index (κ2) is 6.22. The van der Waals surface area contributed by atoms with E-state index in [9.17, 15) is 5.26 Å². The van der Waals surface area contributed by atoms with Crippen LogP contribution in [0.3, 0.4) is 0 Å². The first-order valence-corrected chi connectivity index (χ1v) is 7.10. The van der Waals surface area contributed by atoms with Crippen molar-refractivity contribution >= 4 is 17.4 Å². The first-order chi connectivity index (χ1) is 9.69. The summed E-state index contributed by atoms with van der Waals surface area (Å²) in [6, 6.07) is 12.8. The van der Waals surface area contributed by atoms with Gasteiger partial charge in [-0.1, -0.05) is 6.07 Å². The summed E-state index contributed by atoms with van der Waals surface area (Å²) in [6.07, 6.45) is 1.92. The average molecular weight is 286 g/mol. The summed E-state index contributed by atoms with van der Waals surface area (Å²) >= 11 is 1.51. The Morgan fingerprint density at radius 1 is 1.20 bits per heavy atom. The zero-order valence-corrected chi connectivity index (χ0v) is 12.0. The molecule has 0 radical (unpaired) electrons. The number of benzene rings is 2. The predicted octanol–water partition coefficient (Wildman–Crippen LogP) is 3.66. The fourth-order valence-electron chi connectivity index (χ4n) is 1.78. The molecule has 2 aromatic carbocycles. The Balaban J connectivity index is 2.35. The molecule has 20 heavy (non-hydrogen) atoms. The third-order valence-corrected chi connectivity index (χ3v) is 3.53. The molecule has 102 valence electrons. The highest BCUT2D eigenvalue weighted by atomic mass is 32.2. The fraction of sp³-hybridized carbons (Fsp3) is 0.133. The van der Waals surface area contributed by atoms with Crippen LogP contribution in [0.1, 0.15) is 5.56 Å². The van der Waals surface area contributed by atoms with Crippen LogP contribution in [0.5, 0.6) is 17.2 Å². The molecule has 0 fully saturated rings. The van der Waals surface area contributed by atoms with Gasteiger partial charge in [0.05, 0.1) is 12.8 Å². The van der Waals surface area contributed by atoms with E-state index in [0.29, 0.717) is 28.5 Å². The lowest BCUT2D eigenvalue weighted by Gasteiger charge is -2.11. The number of hydrogen-bond acceptors (Lipinski definition) is 5. The molecule has 2 rings (SSSR count). The molecule has 0 aliphatic heterocycles. The van der Waals surface area contributed by atoms with Crippen molar-refractivity contribution in [3.8, 4) is 23.3 Å². The highest BCUT2D eigenvalue weighted by Gasteiger charge is 2.10. The van der Waals surface area contributed by atoms with Crippen molar-refractivity contribution in [2.45, 2.75) is 4.90 Å². The van der Waals surface area contributed by atoms with Gasteiger partial charge in [0.1, 0.15) is 28.9 Å². The zero-order chi connectivity index (χ0) is 14.5. The lowest BCUT2D eigenvalue weighted by molar-refractivity contribution is 0.415. The molecule has 0 aliphatic carbocycles. The molecule has 2 aromatic rings. The van der Waals surface area contributed by atoms with Crippen LogP contribution in [-0.2, 0) is 0 Å². The van der Waals surface area contributed by atoms with Gasteiger partial charge in [0.2, 0.25) is 0 Å².